The van der Waals surface area contributed by atoms with Crippen LogP contribution in [0.4, 0.5) is 0 Å². The summed E-state index contributed by atoms with van der Waals surface area (Å²) in [5, 5.41) is 0. The first-order valence-electron chi connectivity index (χ1n) is 11.9. The van der Waals surface area contributed by atoms with Crippen LogP contribution in [0.1, 0.15) is 124 Å². The van der Waals surface area contributed by atoms with Crippen LogP contribution < -0.4 is 0 Å². The molecule has 0 fully saturated rings. The average Bonchev–Trinajstić information content (AvgIpc) is 2.70. The zero-order valence-electron chi connectivity index (χ0n) is 19.0. The molecule has 0 unspecified atom stereocenters. The lowest BCUT2D eigenvalue weighted by Crippen LogP contribution is -1.92. The van der Waals surface area contributed by atoms with E-state index in [0.29, 0.717) is 0 Å². The second-order valence-electron chi connectivity index (χ2n) is 7.68. The third-order valence-corrected chi connectivity index (χ3v) is 5.14. The van der Waals surface area contributed by atoms with E-state index >= 15 is 0 Å². The van der Waals surface area contributed by atoms with E-state index in [1.165, 1.54) is 94.6 Å². The van der Waals surface area contributed by atoms with Crippen LogP contribution in [-0.2, 0) is 9.47 Å². The van der Waals surface area contributed by atoms with Crippen molar-refractivity contribution in [1.82, 2.24) is 0 Å². The maximum Gasteiger partial charge on any atom is 0.0873 e. The molecule has 2 nitrogen and oxygen atoms in total. The molecule has 0 spiro atoms. The molecular weight excluding hydrogens is 332 g/mol. The van der Waals surface area contributed by atoms with Gasteiger partial charge in [-0.25, -0.2) is 0 Å². The Kier molecular flexibility index (Phi) is 20.7. The smallest absolute Gasteiger partial charge is 0.0873 e. The minimum atomic E-state index is 0.883. The van der Waals surface area contributed by atoms with E-state index in [4.69, 9.17) is 9.47 Å². The molecule has 0 atom stereocenters. The third kappa shape index (κ3) is 18.2. The van der Waals surface area contributed by atoms with Gasteiger partial charge < -0.3 is 9.47 Å². The van der Waals surface area contributed by atoms with Crippen molar-refractivity contribution in [2.24, 2.45) is 0 Å². The second kappa shape index (κ2) is 21.4. The fourth-order valence-corrected chi connectivity index (χ4v) is 3.05. The summed E-state index contributed by atoms with van der Waals surface area (Å²) in [6.45, 7) is 10.7. The minimum absolute atomic E-state index is 0.883. The van der Waals surface area contributed by atoms with E-state index in [-0.39, 0.29) is 0 Å². The molecule has 0 N–H and O–H groups in total. The van der Waals surface area contributed by atoms with Crippen molar-refractivity contribution in [1.29, 1.82) is 0 Å². The monoisotopic (exact) mass is 380 g/mol. The first-order valence-corrected chi connectivity index (χ1v) is 11.9. The zero-order chi connectivity index (χ0) is 20.0. The van der Waals surface area contributed by atoms with Crippen LogP contribution in [0.25, 0.3) is 0 Å². The van der Waals surface area contributed by atoms with Crippen LogP contribution in [0.5, 0.6) is 0 Å². The number of ether oxygens (including phenoxy) is 2. The van der Waals surface area contributed by atoms with Crippen molar-refractivity contribution in [2.75, 3.05) is 13.2 Å². The average molecular weight is 381 g/mol. The van der Waals surface area contributed by atoms with Gasteiger partial charge in [0.15, 0.2) is 0 Å². The van der Waals surface area contributed by atoms with Gasteiger partial charge in [-0.3, -0.25) is 0 Å². The van der Waals surface area contributed by atoms with Crippen LogP contribution in [0.3, 0.4) is 0 Å². The summed E-state index contributed by atoms with van der Waals surface area (Å²) < 4.78 is 11.4. The van der Waals surface area contributed by atoms with Crippen LogP contribution >= 0.6 is 0 Å². The number of hydrogen-bond acceptors (Lipinski definition) is 2. The van der Waals surface area contributed by atoms with Gasteiger partial charge in [0.1, 0.15) is 0 Å². The van der Waals surface area contributed by atoms with Crippen molar-refractivity contribution in [3.05, 3.63) is 23.7 Å². The number of unbranched alkanes of at least 4 members (excludes halogenated alkanes) is 8. The molecule has 0 aliphatic heterocycles. The molecule has 0 aromatic heterocycles. The van der Waals surface area contributed by atoms with Crippen molar-refractivity contribution < 1.29 is 9.47 Å². The summed E-state index contributed by atoms with van der Waals surface area (Å²) in [6, 6.07) is 0. The largest absolute Gasteiger partial charge is 0.501 e. The van der Waals surface area contributed by atoms with Gasteiger partial charge in [-0.15, -0.1) is 0 Å². The molecule has 0 radical (unpaired) electrons. The first kappa shape index (κ1) is 26.1. The lowest BCUT2D eigenvalue weighted by Gasteiger charge is -2.07. The van der Waals surface area contributed by atoms with Crippen LogP contribution in [0, 0.1) is 0 Å². The minimum Gasteiger partial charge on any atom is -0.501 e. The number of hydrogen-bond donors (Lipinski definition) is 0. The van der Waals surface area contributed by atoms with Crippen molar-refractivity contribution in [3.63, 3.8) is 0 Å². The van der Waals surface area contributed by atoms with Gasteiger partial charge in [0.05, 0.1) is 25.7 Å². The van der Waals surface area contributed by atoms with Gasteiger partial charge in [0, 0.05) is 0 Å². The highest BCUT2D eigenvalue weighted by Crippen LogP contribution is 2.13. The SMILES string of the molecule is CCCCC(=COCCCCCCCCCOC=C(CC)CCCC)CC. The van der Waals surface area contributed by atoms with E-state index in [1.54, 1.807) is 0 Å². The molecule has 0 aliphatic carbocycles. The highest BCUT2D eigenvalue weighted by atomic mass is 16.5. The summed E-state index contributed by atoms with van der Waals surface area (Å²) in [5.74, 6) is 0. The van der Waals surface area contributed by atoms with Crippen LogP contribution in [0.2, 0.25) is 0 Å². The predicted molar refractivity (Wildman–Crippen MR) is 120 cm³/mol. The van der Waals surface area contributed by atoms with Gasteiger partial charge in [0.25, 0.3) is 0 Å². The van der Waals surface area contributed by atoms with E-state index in [1.807, 2.05) is 12.5 Å². The molecule has 2 heteroatoms. The normalized spacial score (nSPS) is 12.4. The fraction of sp³-hybridized carbons (Fsp3) is 0.840. The number of rotatable bonds is 20. The summed E-state index contributed by atoms with van der Waals surface area (Å²) in [7, 11) is 0. The molecule has 0 aromatic carbocycles. The maximum absolute atomic E-state index is 5.72. The standard InChI is InChI=1S/C25H48O2/c1-5-9-18-24(7-3)22-26-20-16-14-12-11-13-15-17-21-27-23-25(8-4)19-10-6-2/h22-23H,5-21H2,1-4H3. The Morgan fingerprint density at radius 2 is 0.889 bits per heavy atom. The Morgan fingerprint density at radius 1 is 0.519 bits per heavy atom. The Balaban J connectivity index is 3.42. The Morgan fingerprint density at radius 3 is 1.22 bits per heavy atom. The number of allylic oxidation sites excluding steroid dienone is 2. The lowest BCUT2D eigenvalue weighted by atomic mass is 10.1. The third-order valence-electron chi connectivity index (χ3n) is 5.14. The Labute approximate surface area is 170 Å². The van der Waals surface area contributed by atoms with Gasteiger partial charge in [-0.2, -0.15) is 0 Å². The highest BCUT2D eigenvalue weighted by molar-refractivity contribution is 4.97. The molecule has 0 saturated heterocycles. The quantitative estimate of drug-likeness (QED) is 0.155. The van der Waals surface area contributed by atoms with E-state index < -0.39 is 0 Å². The van der Waals surface area contributed by atoms with Crippen LogP contribution in [-0.4, -0.2) is 13.2 Å². The first-order chi connectivity index (χ1) is 13.3. The molecule has 160 valence electrons. The summed E-state index contributed by atoms with van der Waals surface area (Å²) in [4.78, 5) is 0. The molecule has 0 amide bonds. The predicted octanol–water partition coefficient (Wildman–Crippen LogP) is 8.72. The maximum atomic E-state index is 5.72. The van der Waals surface area contributed by atoms with Crippen LogP contribution in [0.15, 0.2) is 23.7 Å². The molecule has 0 saturated carbocycles. The van der Waals surface area contributed by atoms with E-state index in [0.717, 1.165) is 26.1 Å². The lowest BCUT2D eigenvalue weighted by molar-refractivity contribution is 0.233. The molecule has 0 aromatic rings. The molecular formula is C25H48O2. The van der Waals surface area contributed by atoms with Gasteiger partial charge in [-0.05, 0) is 62.5 Å². The Hall–Kier alpha value is -0.920. The van der Waals surface area contributed by atoms with Crippen molar-refractivity contribution in [2.45, 2.75) is 124 Å². The van der Waals surface area contributed by atoms with Crippen molar-refractivity contribution >= 4 is 0 Å². The van der Waals surface area contributed by atoms with Gasteiger partial charge >= 0.3 is 0 Å². The summed E-state index contributed by atoms with van der Waals surface area (Å²) >= 11 is 0. The second-order valence-corrected chi connectivity index (χ2v) is 7.68. The summed E-state index contributed by atoms with van der Waals surface area (Å²) in [5.41, 5.74) is 2.93. The van der Waals surface area contributed by atoms with E-state index in [9.17, 15) is 0 Å². The van der Waals surface area contributed by atoms with Crippen molar-refractivity contribution in [3.8, 4) is 0 Å². The van der Waals surface area contributed by atoms with Gasteiger partial charge in [0.2, 0.25) is 0 Å². The molecule has 0 aliphatic rings. The molecule has 0 bridgehead atoms. The molecule has 0 rings (SSSR count). The van der Waals surface area contributed by atoms with Gasteiger partial charge in [-0.1, -0.05) is 72.6 Å². The molecule has 27 heavy (non-hydrogen) atoms. The fourth-order valence-electron chi connectivity index (χ4n) is 3.05. The highest BCUT2D eigenvalue weighted by Gasteiger charge is 1.97. The molecule has 0 heterocycles. The zero-order valence-corrected chi connectivity index (χ0v) is 19.0. The van der Waals surface area contributed by atoms with E-state index in [2.05, 4.69) is 27.7 Å². The Bertz CT molecular complexity index is 323. The summed E-state index contributed by atoms with van der Waals surface area (Å²) in [6.07, 6.45) is 22.8. The topological polar surface area (TPSA) is 18.5 Å².